The maximum atomic E-state index is 12.6. The van der Waals surface area contributed by atoms with E-state index in [2.05, 4.69) is 16.1 Å². The minimum atomic E-state index is -0.426. The summed E-state index contributed by atoms with van der Waals surface area (Å²) in [5, 5.41) is 5.04. The number of thiophene rings is 1. The van der Waals surface area contributed by atoms with Crippen LogP contribution in [0.3, 0.4) is 0 Å². The summed E-state index contributed by atoms with van der Waals surface area (Å²) in [5.41, 5.74) is 0.948. The lowest BCUT2D eigenvalue weighted by Gasteiger charge is -2.31. The first-order chi connectivity index (χ1) is 13.6. The number of hydrogen-bond acceptors (Lipinski definition) is 5. The minimum Gasteiger partial charge on any atom is -0.465 e. The summed E-state index contributed by atoms with van der Waals surface area (Å²) in [6, 6.07) is 10.5. The Labute approximate surface area is 168 Å². The normalized spacial score (nSPS) is 14.5. The maximum Gasteiger partial charge on any atom is 0.337 e. The molecule has 0 aliphatic carbocycles. The van der Waals surface area contributed by atoms with Gasteiger partial charge in [-0.05, 0) is 55.0 Å². The Morgan fingerprint density at radius 3 is 2.39 bits per heavy atom. The summed E-state index contributed by atoms with van der Waals surface area (Å²) in [6.07, 6.45) is 2.18. The number of amides is 2. The van der Waals surface area contributed by atoms with Gasteiger partial charge in [0.05, 0.1) is 12.7 Å². The molecule has 0 saturated carbocycles. The maximum absolute atomic E-state index is 12.6. The fourth-order valence-electron chi connectivity index (χ4n) is 3.30. The number of likely N-dealkylation sites (tertiary alicyclic amines) is 1. The summed E-state index contributed by atoms with van der Waals surface area (Å²) in [4.78, 5) is 39.5. The molecule has 7 heteroatoms. The number of carbonyl (C=O) groups is 3. The van der Waals surface area contributed by atoms with E-state index in [1.807, 2.05) is 11.4 Å². The van der Waals surface area contributed by atoms with Crippen molar-refractivity contribution >= 4 is 29.1 Å². The van der Waals surface area contributed by atoms with E-state index in [-0.39, 0.29) is 17.7 Å². The van der Waals surface area contributed by atoms with Crippen molar-refractivity contribution in [2.45, 2.75) is 19.3 Å². The SMILES string of the molecule is COC(=O)c1ccc(C(=O)N2CCC(C(=O)NCCc3cccs3)CC2)cc1. The van der Waals surface area contributed by atoms with Gasteiger partial charge in [0, 0.05) is 36.0 Å². The number of ether oxygens (including phenoxy) is 1. The third-order valence-electron chi connectivity index (χ3n) is 4.96. The van der Waals surface area contributed by atoms with Crippen LogP contribution in [0, 0.1) is 5.92 Å². The van der Waals surface area contributed by atoms with Gasteiger partial charge in [0.1, 0.15) is 0 Å². The van der Waals surface area contributed by atoms with Gasteiger partial charge in [-0.25, -0.2) is 4.79 Å². The number of piperidine rings is 1. The van der Waals surface area contributed by atoms with Crippen molar-refractivity contribution in [3.8, 4) is 0 Å². The molecule has 0 unspecified atom stereocenters. The number of benzene rings is 1. The molecular weight excluding hydrogens is 376 g/mol. The number of nitrogens with zero attached hydrogens (tertiary/aromatic N) is 1. The molecule has 2 aromatic rings. The van der Waals surface area contributed by atoms with E-state index in [1.54, 1.807) is 40.5 Å². The number of carbonyl (C=O) groups excluding carboxylic acids is 3. The lowest BCUT2D eigenvalue weighted by atomic mass is 9.95. The monoisotopic (exact) mass is 400 g/mol. The van der Waals surface area contributed by atoms with Crippen molar-refractivity contribution in [3.63, 3.8) is 0 Å². The highest BCUT2D eigenvalue weighted by Crippen LogP contribution is 2.20. The van der Waals surface area contributed by atoms with Crippen LogP contribution in [0.5, 0.6) is 0 Å². The van der Waals surface area contributed by atoms with E-state index < -0.39 is 5.97 Å². The van der Waals surface area contributed by atoms with Crippen LogP contribution in [0.2, 0.25) is 0 Å². The molecular formula is C21H24N2O4S. The molecule has 1 aromatic carbocycles. The average Bonchev–Trinajstić information content (AvgIpc) is 3.26. The number of methoxy groups -OCH3 is 1. The zero-order valence-corrected chi connectivity index (χ0v) is 16.7. The Bertz CT molecular complexity index is 809. The third kappa shape index (κ3) is 4.98. The fraction of sp³-hybridized carbons (Fsp3) is 0.381. The van der Waals surface area contributed by atoms with Gasteiger partial charge in [0.2, 0.25) is 5.91 Å². The van der Waals surface area contributed by atoms with Crippen LogP contribution in [0.25, 0.3) is 0 Å². The molecule has 0 atom stereocenters. The van der Waals surface area contributed by atoms with Crippen molar-refractivity contribution < 1.29 is 19.1 Å². The van der Waals surface area contributed by atoms with Crippen LogP contribution >= 0.6 is 11.3 Å². The van der Waals surface area contributed by atoms with E-state index in [0.717, 1.165) is 6.42 Å². The van der Waals surface area contributed by atoms with Crippen LogP contribution < -0.4 is 5.32 Å². The topological polar surface area (TPSA) is 75.7 Å². The van der Waals surface area contributed by atoms with Gasteiger partial charge in [-0.3, -0.25) is 9.59 Å². The molecule has 28 heavy (non-hydrogen) atoms. The van der Waals surface area contributed by atoms with Crippen molar-refractivity contribution in [3.05, 3.63) is 57.8 Å². The highest BCUT2D eigenvalue weighted by atomic mass is 32.1. The molecule has 6 nitrogen and oxygen atoms in total. The molecule has 1 aliphatic heterocycles. The molecule has 0 bridgehead atoms. The van der Waals surface area contributed by atoms with Crippen molar-refractivity contribution in [1.82, 2.24) is 10.2 Å². The number of hydrogen-bond donors (Lipinski definition) is 1. The molecule has 1 aromatic heterocycles. The van der Waals surface area contributed by atoms with Gasteiger partial charge in [-0.2, -0.15) is 0 Å². The quantitative estimate of drug-likeness (QED) is 0.757. The first-order valence-electron chi connectivity index (χ1n) is 9.36. The summed E-state index contributed by atoms with van der Waals surface area (Å²) in [7, 11) is 1.32. The fourth-order valence-corrected chi connectivity index (χ4v) is 4.01. The highest BCUT2D eigenvalue weighted by Gasteiger charge is 2.27. The summed E-state index contributed by atoms with van der Waals surface area (Å²) < 4.78 is 4.66. The van der Waals surface area contributed by atoms with Crippen LogP contribution in [0.1, 0.15) is 38.4 Å². The van der Waals surface area contributed by atoms with Gasteiger partial charge < -0.3 is 15.0 Å². The average molecular weight is 401 g/mol. The van der Waals surface area contributed by atoms with Crippen molar-refractivity contribution in [2.75, 3.05) is 26.7 Å². The molecule has 0 radical (unpaired) electrons. The second-order valence-electron chi connectivity index (χ2n) is 6.76. The number of rotatable bonds is 6. The molecule has 1 N–H and O–H groups in total. The smallest absolute Gasteiger partial charge is 0.337 e. The summed E-state index contributed by atoms with van der Waals surface area (Å²) in [5.74, 6) is -0.474. The Hall–Kier alpha value is -2.67. The molecule has 1 saturated heterocycles. The Morgan fingerprint density at radius 1 is 1.11 bits per heavy atom. The summed E-state index contributed by atoms with van der Waals surface area (Å²) >= 11 is 1.69. The van der Waals surface area contributed by atoms with Gasteiger partial charge in [-0.1, -0.05) is 6.07 Å². The molecule has 3 rings (SSSR count). The predicted octanol–water partition coefficient (Wildman–Crippen LogP) is 2.75. The van der Waals surface area contributed by atoms with Gasteiger partial charge in [-0.15, -0.1) is 11.3 Å². The van der Waals surface area contributed by atoms with E-state index in [4.69, 9.17) is 0 Å². The van der Waals surface area contributed by atoms with Gasteiger partial charge in [0.25, 0.3) is 5.91 Å². The molecule has 148 valence electrons. The minimum absolute atomic E-state index is 0.0471. The van der Waals surface area contributed by atoms with Gasteiger partial charge >= 0.3 is 5.97 Å². The predicted molar refractivity (Wildman–Crippen MR) is 107 cm³/mol. The van der Waals surface area contributed by atoms with Crippen LogP contribution in [0.4, 0.5) is 0 Å². The van der Waals surface area contributed by atoms with Crippen LogP contribution in [-0.2, 0) is 16.0 Å². The number of nitrogens with one attached hydrogen (secondary N) is 1. The molecule has 1 aliphatic rings. The lowest BCUT2D eigenvalue weighted by Crippen LogP contribution is -2.43. The third-order valence-corrected chi connectivity index (χ3v) is 5.89. The van der Waals surface area contributed by atoms with Crippen LogP contribution in [0.15, 0.2) is 41.8 Å². The van der Waals surface area contributed by atoms with E-state index in [1.165, 1.54) is 12.0 Å². The standard InChI is InChI=1S/C21H24N2O4S/c1-27-21(26)17-6-4-16(5-7-17)20(25)23-12-9-15(10-13-23)19(24)22-11-8-18-3-2-14-28-18/h2-7,14-15H,8-13H2,1H3,(H,22,24). The molecule has 1 fully saturated rings. The molecule has 0 spiro atoms. The summed E-state index contributed by atoms with van der Waals surface area (Å²) in [6.45, 7) is 1.76. The molecule has 2 amide bonds. The first kappa shape index (κ1) is 20.1. The van der Waals surface area contributed by atoms with E-state index in [0.29, 0.717) is 43.6 Å². The van der Waals surface area contributed by atoms with E-state index in [9.17, 15) is 14.4 Å². The van der Waals surface area contributed by atoms with Gasteiger partial charge in [0.15, 0.2) is 0 Å². The largest absolute Gasteiger partial charge is 0.465 e. The van der Waals surface area contributed by atoms with Crippen LogP contribution in [-0.4, -0.2) is 49.4 Å². The number of esters is 1. The highest BCUT2D eigenvalue weighted by molar-refractivity contribution is 7.09. The Kier molecular flexibility index (Phi) is 6.81. The molecule has 2 heterocycles. The second-order valence-corrected chi connectivity index (χ2v) is 7.79. The van der Waals surface area contributed by atoms with E-state index >= 15 is 0 Å². The Morgan fingerprint density at radius 2 is 1.79 bits per heavy atom. The Balaban J connectivity index is 1.45. The first-order valence-corrected chi connectivity index (χ1v) is 10.2. The zero-order chi connectivity index (χ0) is 19.9. The second kappa shape index (κ2) is 9.50. The van der Waals surface area contributed by atoms with Crippen molar-refractivity contribution in [1.29, 1.82) is 0 Å². The lowest BCUT2D eigenvalue weighted by molar-refractivity contribution is -0.126. The van der Waals surface area contributed by atoms with Crippen molar-refractivity contribution in [2.24, 2.45) is 5.92 Å². The zero-order valence-electron chi connectivity index (χ0n) is 15.8.